The Balaban J connectivity index is 2.35. The van der Waals surface area contributed by atoms with E-state index in [4.69, 9.17) is 5.11 Å². The lowest BCUT2D eigenvalue weighted by atomic mass is 9.93. The summed E-state index contributed by atoms with van der Waals surface area (Å²) in [5, 5.41) is 20.0. The number of hydrogen-bond acceptors (Lipinski definition) is 2. The van der Waals surface area contributed by atoms with Crippen LogP contribution in [0.2, 0.25) is 0 Å². The molecule has 1 aliphatic carbocycles. The van der Waals surface area contributed by atoms with Gasteiger partial charge in [0.15, 0.2) is 0 Å². The van der Waals surface area contributed by atoms with Gasteiger partial charge in [0.05, 0.1) is 12.1 Å². The second-order valence-electron chi connectivity index (χ2n) is 2.91. The molecule has 0 heterocycles. The molecule has 0 radical (unpaired) electrons. The number of aliphatic hydroxyl groups is 1. The summed E-state index contributed by atoms with van der Waals surface area (Å²) in [6, 6.07) is -0.249. The summed E-state index contributed by atoms with van der Waals surface area (Å²) in [7, 11) is 0. The minimum atomic E-state index is -1.05. The Labute approximate surface area is 65.2 Å². The zero-order chi connectivity index (χ0) is 8.27. The molecular weight excluding hydrogens is 146 g/mol. The van der Waals surface area contributed by atoms with Gasteiger partial charge in [-0.2, -0.15) is 0 Å². The van der Waals surface area contributed by atoms with Crippen LogP contribution < -0.4 is 5.32 Å². The van der Waals surface area contributed by atoms with Crippen molar-refractivity contribution in [3.8, 4) is 0 Å². The van der Waals surface area contributed by atoms with Crippen molar-refractivity contribution in [3.05, 3.63) is 0 Å². The monoisotopic (exact) mass is 159 g/mol. The van der Waals surface area contributed by atoms with E-state index < -0.39 is 12.2 Å². The first-order chi connectivity index (χ1) is 5.20. The molecule has 0 aromatic rings. The van der Waals surface area contributed by atoms with Crippen molar-refractivity contribution in [3.63, 3.8) is 0 Å². The molecule has 1 amide bonds. The molecule has 3 N–H and O–H groups in total. The Kier molecular flexibility index (Phi) is 2.70. The summed E-state index contributed by atoms with van der Waals surface area (Å²) in [6.45, 7) is 0. The average molecular weight is 159 g/mol. The van der Waals surface area contributed by atoms with Crippen LogP contribution in [0.3, 0.4) is 0 Å². The predicted octanol–water partition coefficient (Wildman–Crippen LogP) is 0.557. The quantitative estimate of drug-likeness (QED) is 0.523. The van der Waals surface area contributed by atoms with E-state index in [9.17, 15) is 9.90 Å². The van der Waals surface area contributed by atoms with Crippen molar-refractivity contribution in [2.24, 2.45) is 0 Å². The van der Waals surface area contributed by atoms with Crippen LogP contribution in [0.1, 0.15) is 25.7 Å². The molecule has 0 aromatic heterocycles. The van der Waals surface area contributed by atoms with Crippen molar-refractivity contribution in [1.82, 2.24) is 5.32 Å². The molecule has 0 bridgehead atoms. The molecule has 1 fully saturated rings. The lowest BCUT2D eigenvalue weighted by Gasteiger charge is -2.26. The third-order valence-corrected chi connectivity index (χ3v) is 2.04. The average Bonchev–Trinajstić information content (AvgIpc) is 1.93. The summed E-state index contributed by atoms with van der Waals surface area (Å²) in [5.41, 5.74) is 0. The lowest BCUT2D eigenvalue weighted by molar-refractivity contribution is 0.0881. The zero-order valence-electron chi connectivity index (χ0n) is 6.29. The standard InChI is InChI=1S/C7H13NO3/c9-6-4-2-1-3-5(6)8-7(10)11/h5-6,8-9H,1-4H2,(H,10,11)/t5-,6+/m0/s1. The highest BCUT2D eigenvalue weighted by molar-refractivity contribution is 5.64. The molecular formula is C7H13NO3. The molecule has 0 aromatic carbocycles. The summed E-state index contributed by atoms with van der Waals surface area (Å²) < 4.78 is 0. The van der Waals surface area contributed by atoms with Crippen molar-refractivity contribution in [2.75, 3.05) is 0 Å². The highest BCUT2D eigenvalue weighted by atomic mass is 16.4. The fourth-order valence-corrected chi connectivity index (χ4v) is 1.44. The van der Waals surface area contributed by atoms with Crippen molar-refractivity contribution in [2.45, 2.75) is 37.8 Å². The molecule has 4 nitrogen and oxygen atoms in total. The Morgan fingerprint density at radius 3 is 2.55 bits per heavy atom. The van der Waals surface area contributed by atoms with E-state index in [1.807, 2.05) is 0 Å². The second-order valence-corrected chi connectivity index (χ2v) is 2.91. The van der Waals surface area contributed by atoms with Crippen molar-refractivity contribution >= 4 is 6.09 Å². The van der Waals surface area contributed by atoms with Crippen LogP contribution in [0.5, 0.6) is 0 Å². The number of nitrogens with one attached hydrogen (secondary N) is 1. The fraction of sp³-hybridized carbons (Fsp3) is 0.857. The first kappa shape index (κ1) is 8.33. The van der Waals surface area contributed by atoms with Gasteiger partial charge in [0.25, 0.3) is 0 Å². The van der Waals surface area contributed by atoms with E-state index >= 15 is 0 Å². The van der Waals surface area contributed by atoms with Crippen molar-refractivity contribution < 1.29 is 15.0 Å². The maximum absolute atomic E-state index is 10.2. The summed E-state index contributed by atoms with van der Waals surface area (Å²) >= 11 is 0. The smallest absolute Gasteiger partial charge is 0.404 e. The Hall–Kier alpha value is -0.770. The van der Waals surface area contributed by atoms with E-state index in [-0.39, 0.29) is 6.04 Å². The van der Waals surface area contributed by atoms with Gasteiger partial charge in [-0.25, -0.2) is 4.79 Å². The molecule has 0 aliphatic heterocycles. The van der Waals surface area contributed by atoms with Gasteiger partial charge in [-0.05, 0) is 12.8 Å². The molecule has 11 heavy (non-hydrogen) atoms. The molecule has 1 rings (SSSR count). The van der Waals surface area contributed by atoms with Crippen LogP contribution >= 0.6 is 0 Å². The van der Waals surface area contributed by atoms with E-state index in [0.29, 0.717) is 6.42 Å². The Morgan fingerprint density at radius 2 is 2.00 bits per heavy atom. The van der Waals surface area contributed by atoms with Crippen LogP contribution in [0, 0.1) is 0 Å². The first-order valence-corrected chi connectivity index (χ1v) is 3.87. The number of carboxylic acid groups (broad SMARTS) is 1. The molecule has 0 spiro atoms. The third-order valence-electron chi connectivity index (χ3n) is 2.04. The summed E-state index contributed by atoms with van der Waals surface area (Å²) in [5.74, 6) is 0. The predicted molar refractivity (Wildman–Crippen MR) is 39.4 cm³/mol. The van der Waals surface area contributed by atoms with Crippen molar-refractivity contribution in [1.29, 1.82) is 0 Å². The van der Waals surface area contributed by atoms with E-state index in [1.54, 1.807) is 0 Å². The molecule has 4 heteroatoms. The molecule has 0 saturated heterocycles. The molecule has 1 aliphatic rings. The van der Waals surface area contributed by atoms with E-state index in [0.717, 1.165) is 19.3 Å². The maximum atomic E-state index is 10.2. The SMILES string of the molecule is O=C(O)N[C@H]1CCCC[C@H]1O. The lowest BCUT2D eigenvalue weighted by Crippen LogP contribution is -2.44. The minimum absolute atomic E-state index is 0.249. The van der Waals surface area contributed by atoms with Crippen LogP contribution in [0.4, 0.5) is 4.79 Å². The van der Waals surface area contributed by atoms with Crippen LogP contribution in [-0.2, 0) is 0 Å². The van der Waals surface area contributed by atoms with Gasteiger partial charge in [0.2, 0.25) is 0 Å². The maximum Gasteiger partial charge on any atom is 0.404 e. The number of carbonyl (C=O) groups is 1. The van der Waals surface area contributed by atoms with Gasteiger partial charge < -0.3 is 15.5 Å². The third kappa shape index (κ3) is 2.38. The number of rotatable bonds is 1. The second kappa shape index (κ2) is 3.57. The number of aliphatic hydroxyl groups excluding tert-OH is 1. The highest BCUT2D eigenvalue weighted by Crippen LogP contribution is 2.17. The highest BCUT2D eigenvalue weighted by Gasteiger charge is 2.23. The topological polar surface area (TPSA) is 69.6 Å². The van der Waals surface area contributed by atoms with Gasteiger partial charge in [0, 0.05) is 0 Å². The molecule has 64 valence electrons. The van der Waals surface area contributed by atoms with Crippen LogP contribution in [0.15, 0.2) is 0 Å². The Bertz CT molecular complexity index is 149. The van der Waals surface area contributed by atoms with Gasteiger partial charge >= 0.3 is 6.09 Å². The van der Waals surface area contributed by atoms with E-state index in [1.165, 1.54) is 0 Å². The van der Waals surface area contributed by atoms with Crippen LogP contribution in [-0.4, -0.2) is 28.5 Å². The number of hydrogen-bond donors (Lipinski definition) is 3. The first-order valence-electron chi connectivity index (χ1n) is 3.87. The normalized spacial score (nSPS) is 31.4. The fourth-order valence-electron chi connectivity index (χ4n) is 1.44. The van der Waals surface area contributed by atoms with Gasteiger partial charge in [-0.15, -0.1) is 0 Å². The Morgan fingerprint density at radius 1 is 1.36 bits per heavy atom. The van der Waals surface area contributed by atoms with Gasteiger partial charge in [-0.1, -0.05) is 12.8 Å². The van der Waals surface area contributed by atoms with E-state index in [2.05, 4.69) is 5.32 Å². The molecule has 2 atom stereocenters. The zero-order valence-corrected chi connectivity index (χ0v) is 6.29. The summed E-state index contributed by atoms with van der Waals surface area (Å²) in [4.78, 5) is 10.2. The molecule has 0 unspecified atom stereocenters. The van der Waals surface area contributed by atoms with Crippen LogP contribution in [0.25, 0.3) is 0 Å². The van der Waals surface area contributed by atoms with Gasteiger partial charge in [0.1, 0.15) is 0 Å². The minimum Gasteiger partial charge on any atom is -0.465 e. The molecule has 1 saturated carbocycles. The summed E-state index contributed by atoms with van der Waals surface area (Å²) in [6.07, 6.45) is 1.94. The number of amides is 1. The largest absolute Gasteiger partial charge is 0.465 e. The van der Waals surface area contributed by atoms with Gasteiger partial charge in [-0.3, -0.25) is 0 Å².